The zero-order valence-corrected chi connectivity index (χ0v) is 14.0. The molecule has 1 atom stereocenters. The van der Waals surface area contributed by atoms with Gasteiger partial charge in [-0.1, -0.05) is 37.9 Å². The molecule has 0 aliphatic rings. The molecule has 2 aromatic rings. The molecular weight excluding hydrogens is 370 g/mol. The molecule has 0 aliphatic heterocycles. The molecule has 1 unspecified atom stereocenters. The van der Waals surface area contributed by atoms with Gasteiger partial charge in [0.25, 0.3) is 0 Å². The number of halogens is 2. The Bertz CT molecular complexity index is 597. The Labute approximate surface area is 130 Å². The van der Waals surface area contributed by atoms with Crippen molar-refractivity contribution >= 4 is 31.9 Å². The number of hydrogen-bond donors (Lipinski definition) is 1. The fourth-order valence-electron chi connectivity index (χ4n) is 1.79. The highest BCUT2D eigenvalue weighted by Crippen LogP contribution is 2.31. The van der Waals surface area contributed by atoms with Gasteiger partial charge >= 0.3 is 0 Å². The van der Waals surface area contributed by atoms with Gasteiger partial charge in [0.15, 0.2) is 0 Å². The van der Waals surface area contributed by atoms with E-state index in [2.05, 4.69) is 31.9 Å². The van der Waals surface area contributed by atoms with E-state index in [4.69, 9.17) is 10.5 Å². The van der Waals surface area contributed by atoms with Crippen molar-refractivity contribution in [1.29, 1.82) is 0 Å². The molecule has 2 rings (SSSR count). The largest absolute Gasteiger partial charge is 0.457 e. The molecule has 0 aliphatic carbocycles. The second-order valence-corrected chi connectivity index (χ2v) is 6.25. The quantitative estimate of drug-likeness (QED) is 0.775. The molecule has 2 aromatic carbocycles. The van der Waals surface area contributed by atoms with E-state index in [1.165, 1.54) is 0 Å². The molecule has 0 radical (unpaired) electrons. The minimum Gasteiger partial charge on any atom is -0.457 e. The highest BCUT2D eigenvalue weighted by Gasteiger charge is 2.08. The average Bonchev–Trinajstić information content (AvgIpc) is 2.32. The van der Waals surface area contributed by atoms with Gasteiger partial charge in [-0.15, -0.1) is 0 Å². The van der Waals surface area contributed by atoms with E-state index in [9.17, 15) is 0 Å². The summed E-state index contributed by atoms with van der Waals surface area (Å²) in [5.41, 5.74) is 8.04. The minimum atomic E-state index is -0.00200. The van der Waals surface area contributed by atoms with Crippen molar-refractivity contribution in [2.24, 2.45) is 5.73 Å². The summed E-state index contributed by atoms with van der Waals surface area (Å²) in [6.07, 6.45) is 0. The third-order valence-electron chi connectivity index (χ3n) is 2.83. The number of rotatable bonds is 3. The van der Waals surface area contributed by atoms with Gasteiger partial charge in [0.05, 0.1) is 0 Å². The fourth-order valence-corrected chi connectivity index (χ4v) is 2.99. The Kier molecular flexibility index (Phi) is 4.66. The Morgan fingerprint density at radius 2 is 1.84 bits per heavy atom. The van der Waals surface area contributed by atoms with Crippen molar-refractivity contribution in [3.8, 4) is 11.5 Å². The zero-order valence-electron chi connectivity index (χ0n) is 10.8. The maximum absolute atomic E-state index is 5.89. The first kappa shape index (κ1) is 14.6. The van der Waals surface area contributed by atoms with E-state index in [0.717, 1.165) is 31.6 Å². The molecule has 2 N–H and O–H groups in total. The summed E-state index contributed by atoms with van der Waals surface area (Å²) in [5.74, 6) is 1.64. The van der Waals surface area contributed by atoms with Crippen molar-refractivity contribution in [2.45, 2.75) is 19.9 Å². The van der Waals surface area contributed by atoms with Crippen LogP contribution in [0.5, 0.6) is 11.5 Å². The van der Waals surface area contributed by atoms with Gasteiger partial charge in [-0.25, -0.2) is 0 Å². The van der Waals surface area contributed by atoms with E-state index in [1.54, 1.807) is 0 Å². The van der Waals surface area contributed by atoms with E-state index in [1.807, 2.05) is 50.2 Å². The van der Waals surface area contributed by atoms with Gasteiger partial charge in [-0.05, 0) is 55.3 Å². The standard InChI is InChI=1S/C15H15Br2NO/c1-9-7-11(16)3-6-15(9)19-12-4-5-13(10(2)18)14(17)8-12/h3-8,10H,18H2,1-2H3. The molecule has 0 saturated heterocycles. The highest BCUT2D eigenvalue weighted by molar-refractivity contribution is 9.10. The molecule has 0 heterocycles. The summed E-state index contributed by atoms with van der Waals surface area (Å²) in [7, 11) is 0. The van der Waals surface area contributed by atoms with Crippen LogP contribution in [0.3, 0.4) is 0 Å². The van der Waals surface area contributed by atoms with Crippen molar-refractivity contribution < 1.29 is 4.74 Å². The molecule has 19 heavy (non-hydrogen) atoms. The second kappa shape index (κ2) is 6.07. The van der Waals surface area contributed by atoms with Crippen molar-refractivity contribution in [3.63, 3.8) is 0 Å². The summed E-state index contributed by atoms with van der Waals surface area (Å²) >= 11 is 6.97. The lowest BCUT2D eigenvalue weighted by atomic mass is 10.1. The van der Waals surface area contributed by atoms with Gasteiger partial charge < -0.3 is 10.5 Å². The number of ether oxygens (including phenoxy) is 1. The summed E-state index contributed by atoms with van der Waals surface area (Å²) in [6, 6.07) is 11.8. The third kappa shape index (κ3) is 3.59. The maximum Gasteiger partial charge on any atom is 0.130 e. The Balaban J connectivity index is 2.26. The first-order chi connectivity index (χ1) is 8.97. The van der Waals surface area contributed by atoms with Gasteiger partial charge in [-0.3, -0.25) is 0 Å². The fraction of sp³-hybridized carbons (Fsp3) is 0.200. The monoisotopic (exact) mass is 383 g/mol. The van der Waals surface area contributed by atoms with Crippen molar-refractivity contribution in [3.05, 3.63) is 56.5 Å². The predicted molar refractivity (Wildman–Crippen MR) is 85.7 cm³/mol. The van der Waals surface area contributed by atoms with Crippen LogP contribution in [0, 0.1) is 6.92 Å². The lowest BCUT2D eigenvalue weighted by Crippen LogP contribution is -2.05. The van der Waals surface area contributed by atoms with Gasteiger partial charge in [0, 0.05) is 15.0 Å². The zero-order chi connectivity index (χ0) is 14.0. The smallest absolute Gasteiger partial charge is 0.130 e. The van der Waals surface area contributed by atoms with E-state index < -0.39 is 0 Å². The van der Waals surface area contributed by atoms with E-state index in [-0.39, 0.29) is 6.04 Å². The van der Waals surface area contributed by atoms with Crippen LogP contribution in [-0.4, -0.2) is 0 Å². The lowest BCUT2D eigenvalue weighted by molar-refractivity contribution is 0.478. The van der Waals surface area contributed by atoms with Crippen LogP contribution in [-0.2, 0) is 0 Å². The SMILES string of the molecule is Cc1cc(Br)ccc1Oc1ccc(C(C)N)c(Br)c1. The van der Waals surface area contributed by atoms with Crippen LogP contribution in [0.15, 0.2) is 45.3 Å². The van der Waals surface area contributed by atoms with Crippen LogP contribution >= 0.6 is 31.9 Å². The maximum atomic E-state index is 5.89. The van der Waals surface area contributed by atoms with Crippen LogP contribution in [0.4, 0.5) is 0 Å². The van der Waals surface area contributed by atoms with E-state index in [0.29, 0.717) is 0 Å². The van der Waals surface area contributed by atoms with Gasteiger partial charge in [0.1, 0.15) is 11.5 Å². The molecule has 0 amide bonds. The number of aryl methyl sites for hydroxylation is 1. The van der Waals surface area contributed by atoms with Crippen LogP contribution < -0.4 is 10.5 Å². The Hall–Kier alpha value is -0.840. The highest BCUT2D eigenvalue weighted by atomic mass is 79.9. The molecular formula is C15H15Br2NO. The van der Waals surface area contributed by atoms with Gasteiger partial charge in [-0.2, -0.15) is 0 Å². The van der Waals surface area contributed by atoms with Crippen molar-refractivity contribution in [1.82, 2.24) is 0 Å². The summed E-state index contributed by atoms with van der Waals surface area (Å²) < 4.78 is 7.90. The number of hydrogen-bond acceptors (Lipinski definition) is 2. The normalized spacial score (nSPS) is 12.3. The first-order valence-electron chi connectivity index (χ1n) is 5.96. The second-order valence-electron chi connectivity index (χ2n) is 4.48. The molecule has 100 valence electrons. The Morgan fingerprint density at radius 3 is 2.42 bits per heavy atom. The molecule has 0 spiro atoms. The lowest BCUT2D eigenvalue weighted by Gasteiger charge is -2.12. The van der Waals surface area contributed by atoms with Crippen molar-refractivity contribution in [2.75, 3.05) is 0 Å². The summed E-state index contributed by atoms with van der Waals surface area (Å²) in [5, 5.41) is 0. The molecule has 2 nitrogen and oxygen atoms in total. The molecule has 0 bridgehead atoms. The summed E-state index contributed by atoms with van der Waals surface area (Å²) in [4.78, 5) is 0. The number of nitrogens with two attached hydrogens (primary N) is 1. The topological polar surface area (TPSA) is 35.2 Å². The number of benzene rings is 2. The molecule has 0 fully saturated rings. The third-order valence-corrected chi connectivity index (χ3v) is 4.01. The van der Waals surface area contributed by atoms with Crippen LogP contribution in [0.1, 0.15) is 24.1 Å². The van der Waals surface area contributed by atoms with Crippen LogP contribution in [0.2, 0.25) is 0 Å². The average molecular weight is 385 g/mol. The predicted octanol–water partition coefficient (Wildman–Crippen LogP) is 5.33. The Morgan fingerprint density at radius 1 is 1.11 bits per heavy atom. The first-order valence-corrected chi connectivity index (χ1v) is 7.55. The van der Waals surface area contributed by atoms with E-state index >= 15 is 0 Å². The molecule has 0 saturated carbocycles. The van der Waals surface area contributed by atoms with Gasteiger partial charge in [0.2, 0.25) is 0 Å². The minimum absolute atomic E-state index is 0.00200. The van der Waals surface area contributed by atoms with Crippen LogP contribution in [0.25, 0.3) is 0 Å². The molecule has 0 aromatic heterocycles. The molecule has 4 heteroatoms. The summed E-state index contributed by atoms with van der Waals surface area (Å²) in [6.45, 7) is 3.98.